The molecule has 0 amide bonds. The number of nitrogens with two attached hydrogens (primary N) is 1. The zero-order chi connectivity index (χ0) is 10.1. The van der Waals surface area contributed by atoms with E-state index in [4.69, 9.17) is 17.3 Å². The van der Waals surface area contributed by atoms with Gasteiger partial charge in [0.2, 0.25) is 0 Å². The molecule has 1 atom stereocenters. The van der Waals surface area contributed by atoms with E-state index in [1.54, 1.807) is 11.3 Å². The highest BCUT2D eigenvalue weighted by atomic mass is 79.9. The van der Waals surface area contributed by atoms with E-state index >= 15 is 0 Å². The molecule has 0 saturated carbocycles. The molecule has 0 aromatic carbocycles. The second-order valence-corrected chi connectivity index (χ2v) is 6.21. The second-order valence-electron chi connectivity index (χ2n) is 3.62. The van der Waals surface area contributed by atoms with Gasteiger partial charge in [0, 0.05) is 35.0 Å². The highest BCUT2D eigenvalue weighted by molar-refractivity contribution is 9.10. The molecular weight excluding hydrogens is 319 g/mol. The van der Waals surface area contributed by atoms with Crippen LogP contribution < -0.4 is 5.73 Å². The Labute approximate surface area is 113 Å². The van der Waals surface area contributed by atoms with Crippen molar-refractivity contribution in [2.75, 3.05) is 13.1 Å². The Bertz CT molecular complexity index is 312. The SMILES string of the molecule is Cl.NC1CCN(Cc2cc(Br)c(Cl)s2)C1. The largest absolute Gasteiger partial charge is 0.326 e. The maximum absolute atomic E-state index is 5.97. The van der Waals surface area contributed by atoms with Gasteiger partial charge in [0.1, 0.15) is 4.34 Å². The summed E-state index contributed by atoms with van der Waals surface area (Å²) in [5, 5.41) is 0. The fraction of sp³-hybridized carbons (Fsp3) is 0.556. The number of likely N-dealkylation sites (tertiary alicyclic amines) is 1. The first-order chi connectivity index (χ1) is 6.65. The lowest BCUT2D eigenvalue weighted by Crippen LogP contribution is -2.25. The van der Waals surface area contributed by atoms with Gasteiger partial charge in [-0.3, -0.25) is 4.90 Å². The van der Waals surface area contributed by atoms with Gasteiger partial charge in [0.25, 0.3) is 0 Å². The summed E-state index contributed by atoms with van der Waals surface area (Å²) in [5.74, 6) is 0. The van der Waals surface area contributed by atoms with E-state index in [1.165, 1.54) is 4.88 Å². The number of nitrogens with zero attached hydrogens (tertiary/aromatic N) is 1. The van der Waals surface area contributed by atoms with E-state index in [1.807, 2.05) is 0 Å². The van der Waals surface area contributed by atoms with Gasteiger partial charge in [-0.1, -0.05) is 11.6 Å². The van der Waals surface area contributed by atoms with E-state index in [0.29, 0.717) is 6.04 Å². The summed E-state index contributed by atoms with van der Waals surface area (Å²) in [4.78, 5) is 3.68. The van der Waals surface area contributed by atoms with Crippen LogP contribution in [0.25, 0.3) is 0 Å². The van der Waals surface area contributed by atoms with Crippen molar-refractivity contribution >= 4 is 51.3 Å². The molecule has 1 aromatic heterocycles. The van der Waals surface area contributed by atoms with E-state index in [-0.39, 0.29) is 12.4 Å². The zero-order valence-electron chi connectivity index (χ0n) is 8.08. The molecule has 2 N–H and O–H groups in total. The number of rotatable bonds is 2. The first kappa shape index (κ1) is 13.7. The predicted molar refractivity (Wildman–Crippen MR) is 72.1 cm³/mol. The summed E-state index contributed by atoms with van der Waals surface area (Å²) in [6.45, 7) is 3.09. The average molecular weight is 332 g/mol. The Morgan fingerprint density at radius 2 is 2.40 bits per heavy atom. The average Bonchev–Trinajstić information content (AvgIpc) is 2.62. The van der Waals surface area contributed by atoms with Crippen LogP contribution in [-0.4, -0.2) is 24.0 Å². The molecule has 1 fully saturated rings. The van der Waals surface area contributed by atoms with Gasteiger partial charge in [-0.15, -0.1) is 23.7 Å². The third kappa shape index (κ3) is 3.58. The molecule has 86 valence electrons. The number of thiophene rings is 1. The van der Waals surface area contributed by atoms with Crippen LogP contribution in [0.4, 0.5) is 0 Å². The minimum atomic E-state index is 0. The number of hydrogen-bond donors (Lipinski definition) is 1. The van der Waals surface area contributed by atoms with E-state index in [2.05, 4.69) is 26.9 Å². The van der Waals surface area contributed by atoms with Crippen LogP contribution in [0.15, 0.2) is 10.5 Å². The van der Waals surface area contributed by atoms with E-state index < -0.39 is 0 Å². The summed E-state index contributed by atoms with van der Waals surface area (Å²) in [6.07, 6.45) is 1.11. The van der Waals surface area contributed by atoms with Gasteiger partial charge in [-0.25, -0.2) is 0 Å². The predicted octanol–water partition coefficient (Wildman–Crippen LogP) is 3.12. The number of hydrogen-bond acceptors (Lipinski definition) is 3. The van der Waals surface area contributed by atoms with Crippen molar-refractivity contribution in [3.8, 4) is 0 Å². The quantitative estimate of drug-likeness (QED) is 0.902. The highest BCUT2D eigenvalue weighted by Crippen LogP contribution is 2.32. The maximum Gasteiger partial charge on any atom is 0.107 e. The third-order valence-corrected chi connectivity index (χ3v) is 4.84. The minimum absolute atomic E-state index is 0. The minimum Gasteiger partial charge on any atom is -0.326 e. The van der Waals surface area contributed by atoms with Gasteiger partial charge >= 0.3 is 0 Å². The molecule has 1 saturated heterocycles. The maximum atomic E-state index is 5.97. The molecule has 1 aliphatic heterocycles. The van der Waals surface area contributed by atoms with Gasteiger partial charge in [0.05, 0.1) is 0 Å². The monoisotopic (exact) mass is 330 g/mol. The van der Waals surface area contributed by atoms with Crippen LogP contribution >= 0.6 is 51.3 Å². The van der Waals surface area contributed by atoms with Crippen molar-refractivity contribution in [3.63, 3.8) is 0 Å². The van der Waals surface area contributed by atoms with Crippen LogP contribution in [0.2, 0.25) is 4.34 Å². The Morgan fingerprint density at radius 3 is 2.87 bits per heavy atom. The molecule has 1 aliphatic rings. The smallest absolute Gasteiger partial charge is 0.107 e. The molecule has 0 spiro atoms. The molecule has 0 bridgehead atoms. The molecule has 1 aromatic rings. The van der Waals surface area contributed by atoms with Crippen LogP contribution in [0.5, 0.6) is 0 Å². The molecule has 0 aliphatic carbocycles. The fourth-order valence-corrected chi connectivity index (χ4v) is 3.53. The normalized spacial score (nSPS) is 21.7. The van der Waals surface area contributed by atoms with Crippen molar-refractivity contribution in [1.82, 2.24) is 4.90 Å². The van der Waals surface area contributed by atoms with Crippen molar-refractivity contribution < 1.29 is 0 Å². The lowest BCUT2D eigenvalue weighted by Gasteiger charge is -2.12. The topological polar surface area (TPSA) is 29.3 Å². The first-order valence-corrected chi connectivity index (χ1v) is 6.55. The molecule has 2 rings (SSSR count). The van der Waals surface area contributed by atoms with Crippen molar-refractivity contribution in [2.24, 2.45) is 5.73 Å². The second kappa shape index (κ2) is 5.84. The fourth-order valence-electron chi connectivity index (χ4n) is 1.70. The van der Waals surface area contributed by atoms with Crippen molar-refractivity contribution in [1.29, 1.82) is 0 Å². The van der Waals surface area contributed by atoms with Gasteiger partial charge in [-0.05, 0) is 28.4 Å². The van der Waals surface area contributed by atoms with Gasteiger partial charge in [0.15, 0.2) is 0 Å². The summed E-state index contributed by atoms with van der Waals surface area (Å²) in [7, 11) is 0. The Balaban J connectivity index is 0.00000112. The standard InChI is InChI=1S/C9H12BrClN2S.ClH/c10-8-3-7(14-9(8)11)5-13-2-1-6(12)4-13;/h3,6H,1-2,4-5,12H2;1H. The highest BCUT2D eigenvalue weighted by Gasteiger charge is 2.19. The van der Waals surface area contributed by atoms with Gasteiger partial charge in [-0.2, -0.15) is 0 Å². The Morgan fingerprint density at radius 1 is 1.67 bits per heavy atom. The Kier molecular flexibility index (Phi) is 5.36. The summed E-state index contributed by atoms with van der Waals surface area (Å²) in [6, 6.07) is 2.45. The lowest BCUT2D eigenvalue weighted by molar-refractivity contribution is 0.330. The van der Waals surface area contributed by atoms with Crippen LogP contribution in [0.1, 0.15) is 11.3 Å². The summed E-state index contributed by atoms with van der Waals surface area (Å²) < 4.78 is 1.84. The number of halogens is 3. The molecule has 0 radical (unpaired) electrons. The lowest BCUT2D eigenvalue weighted by atomic mass is 10.3. The van der Waals surface area contributed by atoms with Crippen LogP contribution in [0.3, 0.4) is 0 Å². The molecule has 15 heavy (non-hydrogen) atoms. The van der Waals surface area contributed by atoms with Gasteiger partial charge < -0.3 is 5.73 Å². The van der Waals surface area contributed by atoms with Crippen LogP contribution in [0, 0.1) is 0 Å². The Hall–Kier alpha value is 0.680. The third-order valence-electron chi connectivity index (χ3n) is 2.38. The summed E-state index contributed by atoms with van der Waals surface area (Å²) >= 11 is 11.0. The van der Waals surface area contributed by atoms with Crippen LogP contribution in [-0.2, 0) is 6.54 Å². The zero-order valence-corrected chi connectivity index (χ0v) is 12.1. The van der Waals surface area contributed by atoms with E-state index in [9.17, 15) is 0 Å². The molecular formula is C9H13BrCl2N2S. The van der Waals surface area contributed by atoms with Crippen molar-refractivity contribution in [2.45, 2.75) is 19.0 Å². The molecule has 6 heteroatoms. The molecule has 2 heterocycles. The van der Waals surface area contributed by atoms with Crippen molar-refractivity contribution in [3.05, 3.63) is 19.8 Å². The summed E-state index contributed by atoms with van der Waals surface area (Å²) in [5.41, 5.74) is 5.84. The first-order valence-electron chi connectivity index (χ1n) is 4.57. The molecule has 2 nitrogen and oxygen atoms in total. The van der Waals surface area contributed by atoms with E-state index in [0.717, 1.165) is 34.9 Å². The molecule has 1 unspecified atom stereocenters.